The standard InChI is InChI=1S/C18H13ClF2N2O3/c19-11-3-1-2-4-12(11)23-13-7-10(9-5-6-9)8-14(26-17(20)21)15(13)16(24)22-18(23)25/h1-4,7-9,17H,5-6H2,(H,22,24,25). The minimum atomic E-state index is -3.09. The number of para-hydroxylation sites is 1. The number of rotatable bonds is 4. The largest absolute Gasteiger partial charge is 0.434 e. The summed E-state index contributed by atoms with van der Waals surface area (Å²) in [7, 11) is 0. The number of benzene rings is 2. The highest BCUT2D eigenvalue weighted by Gasteiger charge is 2.27. The van der Waals surface area contributed by atoms with Crippen LogP contribution in [-0.2, 0) is 0 Å². The van der Waals surface area contributed by atoms with Crippen molar-refractivity contribution in [2.75, 3.05) is 0 Å². The number of hydrogen-bond donors (Lipinski definition) is 1. The molecule has 0 amide bonds. The molecule has 26 heavy (non-hydrogen) atoms. The van der Waals surface area contributed by atoms with E-state index in [0.29, 0.717) is 5.69 Å². The Kier molecular flexibility index (Phi) is 4.03. The molecule has 0 spiro atoms. The van der Waals surface area contributed by atoms with E-state index in [1.165, 1.54) is 10.6 Å². The molecule has 134 valence electrons. The van der Waals surface area contributed by atoms with E-state index >= 15 is 0 Å². The average molecular weight is 379 g/mol. The number of hydrogen-bond acceptors (Lipinski definition) is 3. The van der Waals surface area contributed by atoms with Crippen LogP contribution in [0.4, 0.5) is 8.78 Å². The number of alkyl halides is 2. The summed E-state index contributed by atoms with van der Waals surface area (Å²) < 4.78 is 31.5. The van der Waals surface area contributed by atoms with Gasteiger partial charge in [0, 0.05) is 0 Å². The lowest BCUT2D eigenvalue weighted by Crippen LogP contribution is -2.30. The second-order valence-electron chi connectivity index (χ2n) is 6.11. The van der Waals surface area contributed by atoms with Gasteiger partial charge in [-0.25, -0.2) is 4.79 Å². The minimum absolute atomic E-state index is 0.116. The maximum Gasteiger partial charge on any atom is 0.387 e. The van der Waals surface area contributed by atoms with Crippen LogP contribution in [0, 0.1) is 0 Å². The summed E-state index contributed by atoms with van der Waals surface area (Å²) in [5.41, 5.74) is -0.208. The SMILES string of the molecule is O=c1[nH]c(=O)n(-c2ccccc2Cl)c2cc(C3CC3)cc(OC(F)F)c12. The zero-order valence-electron chi connectivity index (χ0n) is 13.3. The van der Waals surface area contributed by atoms with Gasteiger partial charge in [0.2, 0.25) is 0 Å². The lowest BCUT2D eigenvalue weighted by molar-refractivity contribution is -0.0488. The third kappa shape index (κ3) is 2.88. The molecule has 5 nitrogen and oxygen atoms in total. The number of aromatic nitrogens is 2. The Morgan fingerprint density at radius 2 is 1.92 bits per heavy atom. The molecule has 1 heterocycles. The van der Waals surface area contributed by atoms with E-state index in [0.717, 1.165) is 18.4 Å². The summed E-state index contributed by atoms with van der Waals surface area (Å²) >= 11 is 6.21. The number of ether oxygens (including phenoxy) is 1. The van der Waals surface area contributed by atoms with E-state index in [1.54, 1.807) is 30.3 Å². The van der Waals surface area contributed by atoms with E-state index in [-0.39, 0.29) is 27.6 Å². The van der Waals surface area contributed by atoms with E-state index in [1.807, 2.05) is 0 Å². The van der Waals surface area contributed by atoms with Crippen LogP contribution < -0.4 is 16.0 Å². The number of nitrogens with zero attached hydrogens (tertiary/aromatic N) is 1. The van der Waals surface area contributed by atoms with Gasteiger partial charge in [-0.05, 0) is 48.6 Å². The first-order valence-corrected chi connectivity index (χ1v) is 8.36. The summed E-state index contributed by atoms with van der Waals surface area (Å²) in [5.74, 6) is -0.0463. The molecule has 0 radical (unpaired) electrons. The molecule has 2 aromatic carbocycles. The predicted molar refractivity (Wildman–Crippen MR) is 93.8 cm³/mol. The molecule has 1 N–H and O–H groups in total. The van der Waals surface area contributed by atoms with Gasteiger partial charge in [-0.1, -0.05) is 23.7 Å². The quantitative estimate of drug-likeness (QED) is 0.750. The molecule has 4 rings (SSSR count). The summed E-state index contributed by atoms with van der Waals surface area (Å²) in [5, 5.41) is 0.172. The number of fused-ring (bicyclic) bond motifs is 1. The van der Waals surface area contributed by atoms with Gasteiger partial charge in [0.05, 0.1) is 16.2 Å². The van der Waals surface area contributed by atoms with E-state index in [9.17, 15) is 18.4 Å². The predicted octanol–water partition coefficient (Wildman–Crippen LogP) is 3.81. The van der Waals surface area contributed by atoms with Crippen molar-refractivity contribution in [3.8, 4) is 11.4 Å². The molecule has 1 fully saturated rings. The first-order chi connectivity index (χ1) is 12.5. The van der Waals surface area contributed by atoms with Crippen molar-refractivity contribution >= 4 is 22.5 Å². The highest BCUT2D eigenvalue weighted by Crippen LogP contribution is 2.43. The molecule has 3 aromatic rings. The third-order valence-corrected chi connectivity index (χ3v) is 4.67. The summed E-state index contributed by atoms with van der Waals surface area (Å²) in [6.07, 6.45) is 1.83. The van der Waals surface area contributed by atoms with Gasteiger partial charge < -0.3 is 4.74 Å². The summed E-state index contributed by atoms with van der Waals surface area (Å²) in [4.78, 5) is 27.0. The maximum atomic E-state index is 12.9. The Hall–Kier alpha value is -2.67. The number of H-pyrrole nitrogens is 1. The van der Waals surface area contributed by atoms with Crippen LogP contribution in [0.3, 0.4) is 0 Å². The number of halogens is 3. The fourth-order valence-electron chi connectivity index (χ4n) is 3.06. The third-order valence-electron chi connectivity index (χ3n) is 4.35. The molecule has 0 bridgehead atoms. The topological polar surface area (TPSA) is 64.1 Å². The highest BCUT2D eigenvalue weighted by atomic mass is 35.5. The van der Waals surface area contributed by atoms with Gasteiger partial charge in [-0.15, -0.1) is 0 Å². The Morgan fingerprint density at radius 1 is 1.19 bits per heavy atom. The monoisotopic (exact) mass is 378 g/mol. The van der Waals surface area contributed by atoms with Gasteiger partial charge in [-0.2, -0.15) is 8.78 Å². The molecule has 0 unspecified atom stereocenters. The first kappa shape index (κ1) is 16.8. The zero-order chi connectivity index (χ0) is 18.4. The number of aromatic amines is 1. The lowest BCUT2D eigenvalue weighted by Gasteiger charge is -2.15. The van der Waals surface area contributed by atoms with Gasteiger partial charge in [0.25, 0.3) is 5.56 Å². The molecule has 0 saturated heterocycles. The second kappa shape index (κ2) is 6.25. The Bertz CT molecular complexity index is 1120. The summed E-state index contributed by atoms with van der Waals surface area (Å²) in [6, 6.07) is 9.71. The average Bonchev–Trinajstić information content (AvgIpc) is 3.40. The molecule has 1 saturated carbocycles. The zero-order valence-corrected chi connectivity index (χ0v) is 14.1. The van der Waals surface area contributed by atoms with Crippen molar-refractivity contribution in [2.45, 2.75) is 25.4 Å². The molecule has 1 aliphatic carbocycles. The smallest absolute Gasteiger partial charge is 0.387 e. The molecule has 0 aliphatic heterocycles. The Morgan fingerprint density at radius 3 is 2.58 bits per heavy atom. The fourth-order valence-corrected chi connectivity index (χ4v) is 3.28. The fraction of sp³-hybridized carbons (Fsp3) is 0.222. The Labute approximate surface area is 150 Å². The molecule has 1 aliphatic rings. The van der Waals surface area contributed by atoms with Gasteiger partial charge in [0.1, 0.15) is 11.1 Å². The van der Waals surface area contributed by atoms with Crippen LogP contribution >= 0.6 is 11.6 Å². The summed E-state index contributed by atoms with van der Waals surface area (Å²) in [6.45, 7) is -3.09. The number of nitrogens with one attached hydrogen (secondary N) is 1. The van der Waals surface area contributed by atoms with Crippen molar-refractivity contribution in [3.05, 3.63) is 67.8 Å². The lowest BCUT2D eigenvalue weighted by atomic mass is 10.1. The highest BCUT2D eigenvalue weighted by molar-refractivity contribution is 6.32. The normalized spacial score (nSPS) is 14.2. The first-order valence-electron chi connectivity index (χ1n) is 7.98. The molecule has 0 atom stereocenters. The molecule has 1 aromatic heterocycles. The van der Waals surface area contributed by atoms with Crippen molar-refractivity contribution in [3.63, 3.8) is 0 Å². The van der Waals surface area contributed by atoms with E-state index in [4.69, 9.17) is 11.6 Å². The van der Waals surface area contributed by atoms with Crippen molar-refractivity contribution in [1.29, 1.82) is 0 Å². The maximum absolute atomic E-state index is 12.9. The molecule has 8 heteroatoms. The van der Waals surface area contributed by atoms with Crippen LogP contribution in [0.2, 0.25) is 5.02 Å². The van der Waals surface area contributed by atoms with Crippen LogP contribution in [0.15, 0.2) is 46.0 Å². The van der Waals surface area contributed by atoms with Crippen molar-refractivity contribution in [1.82, 2.24) is 9.55 Å². The Balaban J connectivity index is 2.12. The van der Waals surface area contributed by atoms with Crippen molar-refractivity contribution in [2.24, 2.45) is 0 Å². The van der Waals surface area contributed by atoms with Gasteiger partial charge in [0.15, 0.2) is 0 Å². The van der Waals surface area contributed by atoms with Crippen LogP contribution in [-0.4, -0.2) is 16.2 Å². The van der Waals surface area contributed by atoms with E-state index < -0.39 is 17.9 Å². The second-order valence-corrected chi connectivity index (χ2v) is 6.52. The van der Waals surface area contributed by atoms with Crippen molar-refractivity contribution < 1.29 is 13.5 Å². The van der Waals surface area contributed by atoms with Gasteiger partial charge >= 0.3 is 12.3 Å². The van der Waals surface area contributed by atoms with E-state index in [2.05, 4.69) is 9.72 Å². The molecular weight excluding hydrogens is 366 g/mol. The van der Waals surface area contributed by atoms with Crippen LogP contribution in [0.1, 0.15) is 24.3 Å². The van der Waals surface area contributed by atoms with Gasteiger partial charge in [-0.3, -0.25) is 14.3 Å². The van der Waals surface area contributed by atoms with Crippen LogP contribution in [0.5, 0.6) is 5.75 Å². The molecular formula is C18H13ClF2N2O3. The minimum Gasteiger partial charge on any atom is -0.434 e. The van der Waals surface area contributed by atoms with Crippen LogP contribution in [0.25, 0.3) is 16.6 Å².